The maximum absolute atomic E-state index is 12.9. The van der Waals surface area contributed by atoms with Crippen molar-refractivity contribution in [2.75, 3.05) is 17.7 Å². The monoisotopic (exact) mass is 395 g/mol. The molecular weight excluding hydrogens is 374 g/mol. The van der Waals surface area contributed by atoms with Crippen molar-refractivity contribution in [3.05, 3.63) is 53.3 Å². The lowest BCUT2D eigenvalue weighted by atomic mass is 10.1. The first-order valence-corrected chi connectivity index (χ1v) is 9.34. The topological polar surface area (TPSA) is 111 Å². The first-order chi connectivity index (χ1) is 14.0. The number of hydrogen-bond acceptors (Lipinski definition) is 6. The molecule has 9 heteroatoms. The highest BCUT2D eigenvalue weighted by atomic mass is 16.5. The van der Waals surface area contributed by atoms with E-state index in [0.717, 1.165) is 18.5 Å². The highest BCUT2D eigenvalue weighted by Gasteiger charge is 2.28. The molecule has 150 valence electrons. The number of fused-ring (bicyclic) bond motifs is 1. The number of aryl methyl sites for hydroxylation is 1. The summed E-state index contributed by atoms with van der Waals surface area (Å²) in [6.45, 7) is 2.38. The minimum atomic E-state index is -0.410. The molecule has 0 spiro atoms. The molecule has 0 atom stereocenters. The number of aromatic nitrogens is 3. The second-order valence-electron chi connectivity index (χ2n) is 6.80. The fraction of sp³-hybridized carbons (Fsp3) is 0.300. The Hall–Kier alpha value is -3.62. The molecule has 0 aliphatic carbocycles. The molecule has 1 aliphatic rings. The Morgan fingerprint density at radius 1 is 1.14 bits per heavy atom. The molecule has 0 bridgehead atoms. The number of methoxy groups -OCH3 is 1. The van der Waals surface area contributed by atoms with E-state index in [1.807, 2.05) is 4.57 Å². The number of anilines is 2. The van der Waals surface area contributed by atoms with E-state index in [1.54, 1.807) is 44.4 Å². The van der Waals surface area contributed by atoms with Crippen molar-refractivity contribution in [3.63, 3.8) is 0 Å². The number of carbonyl (C=O) groups is 2. The summed E-state index contributed by atoms with van der Waals surface area (Å²) in [5.41, 5.74) is 1.62. The van der Waals surface area contributed by atoms with Crippen molar-refractivity contribution in [2.45, 2.75) is 32.7 Å². The maximum atomic E-state index is 12.9. The molecule has 0 saturated carbocycles. The quantitative estimate of drug-likeness (QED) is 0.687. The van der Waals surface area contributed by atoms with Crippen LogP contribution in [0.3, 0.4) is 0 Å². The van der Waals surface area contributed by atoms with Crippen LogP contribution in [0.15, 0.2) is 34.9 Å². The average molecular weight is 395 g/mol. The van der Waals surface area contributed by atoms with E-state index in [0.29, 0.717) is 36.0 Å². The zero-order valence-corrected chi connectivity index (χ0v) is 16.2. The van der Waals surface area contributed by atoms with E-state index in [-0.39, 0.29) is 17.4 Å². The fourth-order valence-electron chi connectivity index (χ4n) is 3.36. The molecule has 0 radical (unpaired) electrons. The van der Waals surface area contributed by atoms with Gasteiger partial charge in [0.15, 0.2) is 17.3 Å². The first kappa shape index (κ1) is 18.7. The zero-order valence-electron chi connectivity index (χ0n) is 16.2. The third-order valence-corrected chi connectivity index (χ3v) is 4.75. The summed E-state index contributed by atoms with van der Waals surface area (Å²) in [7, 11) is 1.58. The van der Waals surface area contributed by atoms with Crippen LogP contribution in [-0.4, -0.2) is 33.6 Å². The Kier molecular flexibility index (Phi) is 5.03. The van der Waals surface area contributed by atoms with Crippen LogP contribution in [-0.2, 0) is 13.0 Å². The Balaban J connectivity index is 1.59. The van der Waals surface area contributed by atoms with Gasteiger partial charge in [0.05, 0.1) is 12.8 Å². The number of nitrogens with zero attached hydrogens (tertiary/aromatic N) is 3. The van der Waals surface area contributed by atoms with Crippen LogP contribution in [0.25, 0.3) is 0 Å². The first-order valence-electron chi connectivity index (χ1n) is 9.34. The van der Waals surface area contributed by atoms with Gasteiger partial charge in [-0.1, -0.05) is 5.16 Å². The van der Waals surface area contributed by atoms with Crippen molar-refractivity contribution in [3.8, 4) is 5.75 Å². The highest BCUT2D eigenvalue weighted by molar-refractivity contribution is 6.06. The van der Waals surface area contributed by atoms with Crippen LogP contribution in [0, 0.1) is 6.92 Å². The highest BCUT2D eigenvalue weighted by Crippen LogP contribution is 2.23. The van der Waals surface area contributed by atoms with Crippen LogP contribution >= 0.6 is 0 Å². The molecule has 0 unspecified atom stereocenters. The second-order valence-corrected chi connectivity index (χ2v) is 6.80. The van der Waals surface area contributed by atoms with Crippen molar-refractivity contribution in [1.82, 2.24) is 14.7 Å². The van der Waals surface area contributed by atoms with E-state index in [9.17, 15) is 9.59 Å². The molecule has 0 saturated heterocycles. The Morgan fingerprint density at radius 3 is 2.62 bits per heavy atom. The average Bonchev–Trinajstić information content (AvgIpc) is 3.32. The largest absolute Gasteiger partial charge is 0.497 e. The molecule has 2 N–H and O–H groups in total. The maximum Gasteiger partial charge on any atom is 0.291 e. The van der Waals surface area contributed by atoms with Gasteiger partial charge < -0.3 is 24.5 Å². The smallest absolute Gasteiger partial charge is 0.291 e. The van der Waals surface area contributed by atoms with Gasteiger partial charge in [0.25, 0.3) is 11.8 Å². The van der Waals surface area contributed by atoms with Gasteiger partial charge in [-0.2, -0.15) is 0 Å². The number of hydrogen-bond donors (Lipinski definition) is 2. The fourth-order valence-corrected chi connectivity index (χ4v) is 3.36. The third kappa shape index (κ3) is 3.84. The summed E-state index contributed by atoms with van der Waals surface area (Å²) in [5, 5.41) is 9.28. The minimum absolute atomic E-state index is 0.219. The van der Waals surface area contributed by atoms with Crippen molar-refractivity contribution >= 4 is 23.3 Å². The summed E-state index contributed by atoms with van der Waals surface area (Å²) in [4.78, 5) is 30.0. The molecule has 3 heterocycles. The second kappa shape index (κ2) is 7.78. The van der Waals surface area contributed by atoms with Gasteiger partial charge in [0, 0.05) is 18.3 Å². The normalized spacial score (nSPS) is 12.9. The van der Waals surface area contributed by atoms with Gasteiger partial charge in [-0.05, 0) is 50.5 Å². The zero-order chi connectivity index (χ0) is 20.4. The molecule has 1 aliphatic heterocycles. The van der Waals surface area contributed by atoms with Gasteiger partial charge in [0.2, 0.25) is 0 Å². The Labute approximate surface area is 167 Å². The van der Waals surface area contributed by atoms with Gasteiger partial charge in [-0.25, -0.2) is 4.98 Å². The molecule has 3 aromatic rings. The molecule has 0 fully saturated rings. The number of nitrogens with one attached hydrogen (secondary N) is 2. The van der Waals surface area contributed by atoms with Crippen LogP contribution in [0.2, 0.25) is 0 Å². The Bertz CT molecular complexity index is 1050. The number of imidazole rings is 1. The molecule has 4 rings (SSSR count). The molecule has 1 aromatic carbocycles. The lowest BCUT2D eigenvalue weighted by Gasteiger charge is -2.17. The van der Waals surface area contributed by atoms with E-state index in [4.69, 9.17) is 9.26 Å². The summed E-state index contributed by atoms with van der Waals surface area (Å²) in [6.07, 6.45) is 2.55. The SMILES string of the molecule is COc1ccc(NC(=O)c2nc(C(=O)Nc3cc(C)on3)c3n2CCCC3)cc1. The van der Waals surface area contributed by atoms with E-state index in [1.165, 1.54) is 0 Å². The van der Waals surface area contributed by atoms with Crippen LogP contribution in [0.4, 0.5) is 11.5 Å². The molecule has 2 aromatic heterocycles. The van der Waals surface area contributed by atoms with Crippen molar-refractivity contribution in [1.29, 1.82) is 0 Å². The summed E-state index contributed by atoms with van der Waals surface area (Å²) >= 11 is 0. The van der Waals surface area contributed by atoms with Crippen molar-refractivity contribution < 1.29 is 18.8 Å². The number of benzene rings is 1. The predicted molar refractivity (Wildman–Crippen MR) is 105 cm³/mol. The summed E-state index contributed by atoms with van der Waals surface area (Å²) in [5.74, 6) is 1.04. The number of amides is 2. The van der Waals surface area contributed by atoms with E-state index >= 15 is 0 Å². The van der Waals surface area contributed by atoms with Gasteiger partial charge in [-0.3, -0.25) is 9.59 Å². The van der Waals surface area contributed by atoms with Crippen LogP contribution in [0.1, 0.15) is 45.4 Å². The number of ether oxygens (including phenoxy) is 1. The third-order valence-electron chi connectivity index (χ3n) is 4.75. The van der Waals surface area contributed by atoms with Crippen molar-refractivity contribution in [2.24, 2.45) is 0 Å². The van der Waals surface area contributed by atoms with Crippen LogP contribution < -0.4 is 15.4 Å². The standard InChI is InChI=1S/C20H21N5O4/c1-12-11-16(24-29-12)22-19(26)17-15-5-3-4-10-25(15)18(23-17)20(27)21-13-6-8-14(28-2)9-7-13/h6-9,11H,3-5,10H2,1-2H3,(H,21,27)(H,22,24,26). The predicted octanol–water partition coefficient (Wildman–Crippen LogP) is 3.03. The van der Waals surface area contributed by atoms with Gasteiger partial charge in [0.1, 0.15) is 11.5 Å². The minimum Gasteiger partial charge on any atom is -0.497 e. The molecular formula is C20H21N5O4. The molecule has 29 heavy (non-hydrogen) atoms. The van der Waals surface area contributed by atoms with Crippen LogP contribution in [0.5, 0.6) is 5.75 Å². The summed E-state index contributed by atoms with van der Waals surface area (Å²) in [6, 6.07) is 8.64. The number of carbonyl (C=O) groups excluding carboxylic acids is 2. The van der Waals surface area contributed by atoms with E-state index < -0.39 is 5.91 Å². The lowest BCUT2D eigenvalue weighted by Crippen LogP contribution is -2.21. The lowest BCUT2D eigenvalue weighted by molar-refractivity contribution is 0.101. The molecule has 2 amide bonds. The van der Waals surface area contributed by atoms with Gasteiger partial charge >= 0.3 is 0 Å². The van der Waals surface area contributed by atoms with E-state index in [2.05, 4.69) is 20.8 Å². The Morgan fingerprint density at radius 2 is 1.93 bits per heavy atom. The summed E-state index contributed by atoms with van der Waals surface area (Å²) < 4.78 is 11.9. The van der Waals surface area contributed by atoms with Gasteiger partial charge in [-0.15, -0.1) is 0 Å². The molecule has 9 nitrogen and oxygen atoms in total. The number of rotatable bonds is 5.